The smallest absolute Gasteiger partial charge is 0.251 e. The summed E-state index contributed by atoms with van der Waals surface area (Å²) in [7, 11) is 1.99. The Labute approximate surface area is 202 Å². The first-order chi connectivity index (χ1) is 15.6. The fourth-order valence-corrected chi connectivity index (χ4v) is 4.58. The summed E-state index contributed by atoms with van der Waals surface area (Å²) in [6.45, 7) is 0.267. The van der Waals surface area contributed by atoms with E-state index in [1.165, 1.54) is 0 Å². The second-order valence-electron chi connectivity index (χ2n) is 8.34. The third-order valence-electron chi connectivity index (χ3n) is 5.84. The van der Waals surface area contributed by atoms with Gasteiger partial charge in [-0.2, -0.15) is 0 Å². The molecular weight excluding hydrogens is 471 g/mol. The van der Waals surface area contributed by atoms with Gasteiger partial charge in [0.1, 0.15) is 18.3 Å². The molecule has 0 fully saturated rings. The van der Waals surface area contributed by atoms with Crippen LogP contribution in [0.15, 0.2) is 36.4 Å². The van der Waals surface area contributed by atoms with Crippen LogP contribution in [-0.2, 0) is 6.54 Å². The normalized spacial score (nSPS) is 19.9. The van der Waals surface area contributed by atoms with Crippen molar-refractivity contribution in [1.82, 2.24) is 10.2 Å². The lowest BCUT2D eigenvalue weighted by atomic mass is 9.84. The number of benzene rings is 2. The standard InChI is InChI=1S/C23H28Cl2N2O6/c1-27-9-16(15-6-14(24)7-18(25)17(15)10-27)12-3-2-4-13(5-12)23(33)26-8-19(29)21(31)22(32)20(30)11-28/h2-7,16,19-22,28-32H,8-11H2,1H3,(H,26,33)/t16?,19-,20+,21?,22+/m0/s1. The van der Waals surface area contributed by atoms with Crippen molar-refractivity contribution in [3.63, 3.8) is 0 Å². The van der Waals surface area contributed by atoms with Gasteiger partial charge in [0.15, 0.2) is 0 Å². The van der Waals surface area contributed by atoms with E-state index in [2.05, 4.69) is 10.2 Å². The molecule has 2 unspecified atom stereocenters. The number of likely N-dealkylation sites (N-methyl/N-ethyl adjacent to an activating group) is 1. The Balaban J connectivity index is 1.75. The van der Waals surface area contributed by atoms with Crippen LogP contribution in [0.3, 0.4) is 0 Å². The van der Waals surface area contributed by atoms with Gasteiger partial charge in [0.25, 0.3) is 5.91 Å². The minimum atomic E-state index is -1.76. The molecule has 0 saturated carbocycles. The van der Waals surface area contributed by atoms with Gasteiger partial charge in [-0.25, -0.2) is 0 Å². The van der Waals surface area contributed by atoms with E-state index in [0.717, 1.165) is 16.7 Å². The zero-order valence-corrected chi connectivity index (χ0v) is 19.5. The number of aliphatic hydroxyl groups excluding tert-OH is 5. The van der Waals surface area contributed by atoms with E-state index in [9.17, 15) is 25.2 Å². The minimum absolute atomic E-state index is 0.0507. The molecule has 0 spiro atoms. The van der Waals surface area contributed by atoms with E-state index in [-0.39, 0.29) is 12.5 Å². The molecule has 0 aromatic heterocycles. The van der Waals surface area contributed by atoms with Crippen LogP contribution in [0.4, 0.5) is 0 Å². The summed E-state index contributed by atoms with van der Waals surface area (Å²) < 4.78 is 0. The molecule has 2 aromatic rings. The Hall–Kier alpha value is -1.75. The van der Waals surface area contributed by atoms with E-state index in [4.69, 9.17) is 28.3 Å². The van der Waals surface area contributed by atoms with Gasteiger partial charge in [0.2, 0.25) is 0 Å². The SMILES string of the molecule is CN1Cc2c(Cl)cc(Cl)cc2C(c2cccc(C(=O)NC[C@H](O)C(O)[C@H](O)[C@H](O)CO)c2)C1. The maximum absolute atomic E-state index is 12.7. The van der Waals surface area contributed by atoms with Crippen LogP contribution < -0.4 is 5.32 Å². The number of rotatable bonds is 8. The summed E-state index contributed by atoms with van der Waals surface area (Å²) in [6.07, 6.45) is -6.66. The lowest BCUT2D eigenvalue weighted by Crippen LogP contribution is -2.49. The summed E-state index contributed by atoms with van der Waals surface area (Å²) in [6, 6.07) is 10.7. The van der Waals surface area contributed by atoms with Crippen LogP contribution in [0.2, 0.25) is 10.0 Å². The highest BCUT2D eigenvalue weighted by atomic mass is 35.5. The largest absolute Gasteiger partial charge is 0.394 e. The summed E-state index contributed by atoms with van der Waals surface area (Å²) >= 11 is 12.7. The molecule has 180 valence electrons. The summed E-state index contributed by atoms with van der Waals surface area (Å²) in [5.74, 6) is -0.529. The van der Waals surface area contributed by atoms with Crippen molar-refractivity contribution in [2.75, 3.05) is 26.7 Å². The summed E-state index contributed by atoms with van der Waals surface area (Å²) in [4.78, 5) is 14.8. The van der Waals surface area contributed by atoms with Crippen LogP contribution in [0.1, 0.15) is 33.0 Å². The van der Waals surface area contributed by atoms with E-state index in [1.54, 1.807) is 24.3 Å². The lowest BCUT2D eigenvalue weighted by molar-refractivity contribution is -0.113. The second kappa shape index (κ2) is 11.1. The average Bonchev–Trinajstić information content (AvgIpc) is 2.80. The Morgan fingerprint density at radius 1 is 1.12 bits per heavy atom. The Kier molecular flexibility index (Phi) is 8.71. The highest BCUT2D eigenvalue weighted by Gasteiger charge is 2.31. The number of amides is 1. The van der Waals surface area contributed by atoms with Gasteiger partial charge in [0, 0.05) is 41.2 Å². The van der Waals surface area contributed by atoms with Crippen molar-refractivity contribution >= 4 is 29.1 Å². The topological polar surface area (TPSA) is 133 Å². The van der Waals surface area contributed by atoms with Gasteiger partial charge in [0.05, 0.1) is 12.7 Å². The number of fused-ring (bicyclic) bond motifs is 1. The van der Waals surface area contributed by atoms with Gasteiger partial charge in [-0.1, -0.05) is 35.3 Å². The van der Waals surface area contributed by atoms with Gasteiger partial charge >= 0.3 is 0 Å². The number of carbonyl (C=O) groups excluding carboxylic acids is 1. The highest BCUT2D eigenvalue weighted by molar-refractivity contribution is 6.35. The molecule has 1 aliphatic heterocycles. The third kappa shape index (κ3) is 6.03. The van der Waals surface area contributed by atoms with Crippen molar-refractivity contribution in [2.24, 2.45) is 0 Å². The van der Waals surface area contributed by atoms with E-state index >= 15 is 0 Å². The highest BCUT2D eigenvalue weighted by Crippen LogP contribution is 2.38. The number of carbonyl (C=O) groups is 1. The van der Waals surface area contributed by atoms with Crippen LogP contribution in [-0.4, -0.2) is 87.5 Å². The van der Waals surface area contributed by atoms with E-state index in [1.807, 2.05) is 19.2 Å². The van der Waals surface area contributed by atoms with Crippen molar-refractivity contribution in [2.45, 2.75) is 36.9 Å². The molecule has 1 heterocycles. The molecule has 1 amide bonds. The Bertz CT molecular complexity index is 991. The molecule has 0 radical (unpaired) electrons. The molecule has 0 saturated heterocycles. The van der Waals surface area contributed by atoms with Gasteiger partial charge in [-0.3, -0.25) is 4.79 Å². The van der Waals surface area contributed by atoms with Crippen LogP contribution >= 0.6 is 23.2 Å². The molecule has 1 aliphatic rings. The van der Waals surface area contributed by atoms with Crippen molar-refractivity contribution in [3.05, 3.63) is 68.7 Å². The molecule has 3 rings (SSSR count). The predicted octanol–water partition coefficient (Wildman–Crippen LogP) is 0.736. The first-order valence-corrected chi connectivity index (χ1v) is 11.3. The molecule has 5 atom stereocenters. The zero-order chi connectivity index (χ0) is 24.3. The van der Waals surface area contributed by atoms with Gasteiger partial charge < -0.3 is 35.7 Å². The Morgan fingerprint density at radius 2 is 1.82 bits per heavy atom. The van der Waals surface area contributed by atoms with Crippen molar-refractivity contribution < 1.29 is 30.3 Å². The van der Waals surface area contributed by atoms with E-state index < -0.39 is 36.9 Å². The molecular formula is C23H28Cl2N2O6. The molecule has 10 heteroatoms. The number of aliphatic hydroxyl groups is 5. The molecule has 33 heavy (non-hydrogen) atoms. The maximum Gasteiger partial charge on any atom is 0.251 e. The van der Waals surface area contributed by atoms with Gasteiger partial charge in [-0.15, -0.1) is 0 Å². The molecule has 2 aromatic carbocycles. The first kappa shape index (κ1) is 25.9. The fraction of sp³-hybridized carbons (Fsp3) is 0.435. The summed E-state index contributed by atoms with van der Waals surface area (Å²) in [5, 5.41) is 51.5. The molecule has 8 nitrogen and oxygen atoms in total. The van der Waals surface area contributed by atoms with Crippen molar-refractivity contribution in [3.8, 4) is 0 Å². The molecule has 6 N–H and O–H groups in total. The fourth-order valence-electron chi connectivity index (χ4n) is 4.01. The lowest BCUT2D eigenvalue weighted by Gasteiger charge is -2.33. The maximum atomic E-state index is 12.7. The number of halogens is 2. The summed E-state index contributed by atoms with van der Waals surface area (Å²) in [5.41, 5.74) is 3.26. The molecule has 0 aliphatic carbocycles. The van der Waals surface area contributed by atoms with Crippen molar-refractivity contribution in [1.29, 1.82) is 0 Å². The number of nitrogens with one attached hydrogen (secondary N) is 1. The Morgan fingerprint density at radius 3 is 2.52 bits per heavy atom. The second-order valence-corrected chi connectivity index (χ2v) is 9.18. The predicted molar refractivity (Wildman–Crippen MR) is 125 cm³/mol. The van der Waals surface area contributed by atoms with Crippen LogP contribution in [0.5, 0.6) is 0 Å². The number of hydrogen-bond acceptors (Lipinski definition) is 7. The quantitative estimate of drug-likeness (QED) is 0.316. The average molecular weight is 499 g/mol. The van der Waals surface area contributed by atoms with Crippen LogP contribution in [0, 0.1) is 0 Å². The monoisotopic (exact) mass is 498 g/mol. The van der Waals surface area contributed by atoms with Gasteiger partial charge in [-0.05, 0) is 48.0 Å². The first-order valence-electron chi connectivity index (χ1n) is 10.5. The number of hydrogen-bond donors (Lipinski definition) is 6. The van der Waals surface area contributed by atoms with Crippen LogP contribution in [0.25, 0.3) is 0 Å². The molecule has 0 bridgehead atoms. The third-order valence-corrected chi connectivity index (χ3v) is 6.40. The zero-order valence-electron chi connectivity index (χ0n) is 18.0. The van der Waals surface area contributed by atoms with E-state index in [0.29, 0.717) is 28.7 Å². The number of nitrogens with zero attached hydrogens (tertiary/aromatic N) is 1. The minimum Gasteiger partial charge on any atom is -0.394 e.